The van der Waals surface area contributed by atoms with Crippen LogP contribution in [-0.4, -0.2) is 46.0 Å². The van der Waals surface area contributed by atoms with E-state index in [1.54, 1.807) is 7.05 Å². The van der Waals surface area contributed by atoms with Gasteiger partial charge in [0.05, 0.1) is 19.3 Å². The number of benzene rings is 1. The fourth-order valence-electron chi connectivity index (χ4n) is 2.65. The van der Waals surface area contributed by atoms with Gasteiger partial charge in [-0.2, -0.15) is 0 Å². The molecule has 0 aliphatic carbocycles. The molecule has 2 N–H and O–H groups in total. The van der Waals surface area contributed by atoms with Crippen LogP contribution in [0.1, 0.15) is 31.4 Å². The standard InChI is InChI=1S/C18H28ClN3O2.HI/c1-14(16-6-3-4-7-17(16)19)22-18(20-2)21-9-5-10-23-12-15-8-11-24-13-15;/h3-4,6-7,14-15H,5,8-13H2,1-2H3,(H2,20,21,22);1H. The van der Waals surface area contributed by atoms with Crippen LogP contribution in [0.2, 0.25) is 5.02 Å². The van der Waals surface area contributed by atoms with Crippen molar-refractivity contribution in [3.8, 4) is 0 Å². The molecule has 0 amide bonds. The Morgan fingerprint density at radius 3 is 2.92 bits per heavy atom. The van der Waals surface area contributed by atoms with Gasteiger partial charge in [0.15, 0.2) is 5.96 Å². The van der Waals surface area contributed by atoms with Crippen molar-refractivity contribution in [3.63, 3.8) is 0 Å². The van der Waals surface area contributed by atoms with Crippen molar-refractivity contribution in [3.05, 3.63) is 34.9 Å². The summed E-state index contributed by atoms with van der Waals surface area (Å²) < 4.78 is 11.0. The van der Waals surface area contributed by atoms with Gasteiger partial charge in [-0.1, -0.05) is 29.8 Å². The van der Waals surface area contributed by atoms with E-state index in [0.29, 0.717) is 5.92 Å². The summed E-state index contributed by atoms with van der Waals surface area (Å²) in [6.07, 6.45) is 2.06. The average Bonchev–Trinajstić information content (AvgIpc) is 3.10. The molecule has 5 nitrogen and oxygen atoms in total. The van der Waals surface area contributed by atoms with Crippen LogP contribution in [0.4, 0.5) is 0 Å². The Morgan fingerprint density at radius 1 is 1.44 bits per heavy atom. The highest BCUT2D eigenvalue weighted by Crippen LogP contribution is 2.21. The van der Waals surface area contributed by atoms with Gasteiger partial charge >= 0.3 is 0 Å². The fourth-order valence-corrected chi connectivity index (χ4v) is 2.95. The number of ether oxygens (including phenoxy) is 2. The zero-order chi connectivity index (χ0) is 17.2. The first-order chi connectivity index (χ1) is 11.7. The van der Waals surface area contributed by atoms with Crippen LogP contribution in [0.25, 0.3) is 0 Å². The molecule has 1 aliphatic rings. The van der Waals surface area contributed by atoms with Gasteiger partial charge in [-0.05, 0) is 31.4 Å². The van der Waals surface area contributed by atoms with Gasteiger partial charge < -0.3 is 20.1 Å². The number of hydrogen-bond donors (Lipinski definition) is 2. The molecule has 1 aromatic carbocycles. The normalized spacial score (nSPS) is 18.5. The first kappa shape index (κ1) is 22.5. The van der Waals surface area contributed by atoms with Gasteiger partial charge in [-0.3, -0.25) is 4.99 Å². The second kappa shape index (κ2) is 12.7. The smallest absolute Gasteiger partial charge is 0.191 e. The summed E-state index contributed by atoms with van der Waals surface area (Å²) in [5.74, 6) is 1.34. The van der Waals surface area contributed by atoms with Gasteiger partial charge in [0.2, 0.25) is 0 Å². The van der Waals surface area contributed by atoms with E-state index in [0.717, 1.165) is 62.4 Å². The molecular formula is C18H29ClIN3O2. The predicted octanol–water partition coefficient (Wildman–Crippen LogP) is 3.63. The molecule has 0 radical (unpaired) electrons. The lowest BCUT2D eigenvalue weighted by atomic mass is 10.1. The fraction of sp³-hybridized carbons (Fsp3) is 0.611. The Hall–Kier alpha value is -0.570. The lowest BCUT2D eigenvalue weighted by Crippen LogP contribution is -2.39. The highest BCUT2D eigenvalue weighted by molar-refractivity contribution is 14.0. The summed E-state index contributed by atoms with van der Waals surface area (Å²) in [7, 11) is 1.77. The number of aliphatic imine (C=N–C) groups is 1. The first-order valence-electron chi connectivity index (χ1n) is 8.57. The van der Waals surface area contributed by atoms with Crippen LogP contribution in [0, 0.1) is 5.92 Å². The number of rotatable bonds is 8. The summed E-state index contributed by atoms with van der Waals surface area (Å²) in [5, 5.41) is 7.43. The number of hydrogen-bond acceptors (Lipinski definition) is 3. The van der Waals surface area contributed by atoms with Crippen LogP contribution < -0.4 is 10.6 Å². The molecule has 0 spiro atoms. The minimum absolute atomic E-state index is 0. The van der Waals surface area contributed by atoms with Gasteiger partial charge in [-0.15, -0.1) is 24.0 Å². The minimum atomic E-state index is 0. The van der Waals surface area contributed by atoms with Crippen LogP contribution in [0.5, 0.6) is 0 Å². The van der Waals surface area contributed by atoms with Crippen molar-refractivity contribution in [2.45, 2.75) is 25.8 Å². The van der Waals surface area contributed by atoms with Gasteiger partial charge in [0.1, 0.15) is 0 Å². The first-order valence-corrected chi connectivity index (χ1v) is 8.95. The predicted molar refractivity (Wildman–Crippen MR) is 114 cm³/mol. The minimum Gasteiger partial charge on any atom is -0.381 e. The van der Waals surface area contributed by atoms with E-state index in [9.17, 15) is 0 Å². The summed E-state index contributed by atoms with van der Waals surface area (Å²) in [4.78, 5) is 4.26. The van der Waals surface area contributed by atoms with E-state index in [1.165, 1.54) is 0 Å². The molecular weight excluding hydrogens is 453 g/mol. The quantitative estimate of drug-likeness (QED) is 0.258. The molecule has 25 heavy (non-hydrogen) atoms. The molecule has 0 bridgehead atoms. The summed E-state index contributed by atoms with van der Waals surface area (Å²) in [6, 6.07) is 7.93. The third kappa shape index (κ3) is 8.11. The summed E-state index contributed by atoms with van der Waals surface area (Å²) >= 11 is 6.24. The Labute approximate surface area is 172 Å². The van der Waals surface area contributed by atoms with E-state index >= 15 is 0 Å². The monoisotopic (exact) mass is 481 g/mol. The number of nitrogens with one attached hydrogen (secondary N) is 2. The second-order valence-corrected chi connectivity index (χ2v) is 6.45. The van der Waals surface area contributed by atoms with Crippen LogP contribution >= 0.6 is 35.6 Å². The molecule has 1 aromatic rings. The van der Waals surface area contributed by atoms with Gasteiger partial charge in [0.25, 0.3) is 0 Å². The Kier molecular flexibility index (Phi) is 11.4. The lowest BCUT2D eigenvalue weighted by Gasteiger charge is -2.19. The molecule has 0 aromatic heterocycles. The van der Waals surface area contributed by atoms with Crippen LogP contribution in [0.3, 0.4) is 0 Å². The molecule has 7 heteroatoms. The van der Waals surface area contributed by atoms with Crippen LogP contribution in [0.15, 0.2) is 29.3 Å². The van der Waals surface area contributed by atoms with Crippen molar-refractivity contribution in [1.82, 2.24) is 10.6 Å². The largest absolute Gasteiger partial charge is 0.381 e. The molecule has 2 unspecified atom stereocenters. The maximum atomic E-state index is 6.24. The van der Waals surface area contributed by atoms with Crippen molar-refractivity contribution >= 4 is 41.5 Å². The maximum Gasteiger partial charge on any atom is 0.191 e. The van der Waals surface area contributed by atoms with Crippen molar-refractivity contribution < 1.29 is 9.47 Å². The average molecular weight is 482 g/mol. The Bertz CT molecular complexity index is 525. The van der Waals surface area contributed by atoms with Gasteiger partial charge in [-0.25, -0.2) is 0 Å². The third-order valence-electron chi connectivity index (χ3n) is 4.08. The maximum absolute atomic E-state index is 6.24. The van der Waals surface area contributed by atoms with Gasteiger partial charge in [0, 0.05) is 37.7 Å². The molecule has 1 heterocycles. The molecule has 1 aliphatic heterocycles. The molecule has 0 saturated carbocycles. The highest BCUT2D eigenvalue weighted by atomic mass is 127. The van der Waals surface area contributed by atoms with E-state index in [-0.39, 0.29) is 30.0 Å². The number of halogens is 2. The SMILES string of the molecule is CN=C(NCCCOCC1CCOC1)NC(C)c1ccccc1Cl.I. The lowest BCUT2D eigenvalue weighted by molar-refractivity contribution is 0.0888. The zero-order valence-electron chi connectivity index (χ0n) is 15.0. The molecule has 2 rings (SSSR count). The van der Waals surface area contributed by atoms with E-state index in [2.05, 4.69) is 22.5 Å². The second-order valence-electron chi connectivity index (χ2n) is 6.04. The topological polar surface area (TPSA) is 54.9 Å². The number of guanidine groups is 1. The third-order valence-corrected chi connectivity index (χ3v) is 4.43. The molecule has 142 valence electrons. The molecule has 2 atom stereocenters. The van der Waals surface area contributed by atoms with E-state index < -0.39 is 0 Å². The van der Waals surface area contributed by atoms with Crippen molar-refractivity contribution in [2.24, 2.45) is 10.9 Å². The highest BCUT2D eigenvalue weighted by Gasteiger charge is 2.15. The Balaban J connectivity index is 0.00000312. The van der Waals surface area contributed by atoms with Crippen molar-refractivity contribution in [1.29, 1.82) is 0 Å². The van der Waals surface area contributed by atoms with E-state index in [4.69, 9.17) is 21.1 Å². The summed E-state index contributed by atoms with van der Waals surface area (Å²) in [5.41, 5.74) is 1.06. The molecule has 1 saturated heterocycles. The van der Waals surface area contributed by atoms with Crippen molar-refractivity contribution in [2.75, 3.05) is 40.0 Å². The van der Waals surface area contributed by atoms with Crippen LogP contribution in [-0.2, 0) is 9.47 Å². The van der Waals surface area contributed by atoms with E-state index in [1.807, 2.05) is 24.3 Å². The zero-order valence-corrected chi connectivity index (χ0v) is 18.1. The molecule has 1 fully saturated rings. The number of nitrogens with zero attached hydrogens (tertiary/aromatic N) is 1. The summed E-state index contributed by atoms with van der Waals surface area (Å²) in [6.45, 7) is 6.16. The Morgan fingerprint density at radius 2 is 2.24 bits per heavy atom.